The fraction of sp³-hybridized carbons (Fsp3) is 0.500. The first-order valence-corrected chi connectivity index (χ1v) is 6.62. The summed E-state index contributed by atoms with van der Waals surface area (Å²) < 4.78 is 1.88. The summed E-state index contributed by atoms with van der Waals surface area (Å²) in [5.74, 6) is 1.39. The van der Waals surface area contributed by atoms with Gasteiger partial charge < -0.3 is 5.73 Å². The number of rotatable bonds is 4. The van der Waals surface area contributed by atoms with E-state index >= 15 is 0 Å². The molecule has 0 saturated heterocycles. The first-order valence-electron chi connectivity index (χ1n) is 6.62. The summed E-state index contributed by atoms with van der Waals surface area (Å²) in [6.45, 7) is 8.56. The van der Waals surface area contributed by atoms with Gasteiger partial charge in [-0.15, -0.1) is 5.10 Å². The minimum Gasteiger partial charge on any atom is -0.399 e. The van der Waals surface area contributed by atoms with Crippen LogP contribution in [0.5, 0.6) is 0 Å². The fourth-order valence-electron chi connectivity index (χ4n) is 2.40. The van der Waals surface area contributed by atoms with Gasteiger partial charge in [-0.2, -0.15) is 0 Å². The maximum atomic E-state index is 5.89. The van der Waals surface area contributed by atoms with Crippen LogP contribution in [0.15, 0.2) is 18.2 Å². The molecule has 0 aliphatic carbocycles. The lowest BCUT2D eigenvalue weighted by atomic mass is 10.0. The first kappa shape index (κ1) is 13.5. The minimum absolute atomic E-state index is 0.270. The summed E-state index contributed by atoms with van der Waals surface area (Å²) >= 11 is 0. The van der Waals surface area contributed by atoms with Gasteiger partial charge in [0.25, 0.3) is 0 Å². The molecule has 1 unspecified atom stereocenters. The second-order valence-corrected chi connectivity index (χ2v) is 5.56. The highest BCUT2D eigenvalue weighted by molar-refractivity contribution is 5.62. The van der Waals surface area contributed by atoms with Crippen LogP contribution in [-0.2, 0) is 0 Å². The zero-order chi connectivity index (χ0) is 14.0. The van der Waals surface area contributed by atoms with Gasteiger partial charge in [-0.1, -0.05) is 13.8 Å². The van der Waals surface area contributed by atoms with Crippen molar-refractivity contribution in [1.82, 2.24) is 20.2 Å². The maximum Gasteiger partial charge on any atom is 0.182 e. The van der Waals surface area contributed by atoms with E-state index in [0.29, 0.717) is 5.92 Å². The molecule has 0 radical (unpaired) electrons. The van der Waals surface area contributed by atoms with Crippen LogP contribution in [0.25, 0.3) is 11.4 Å². The maximum absolute atomic E-state index is 5.89. The average molecular weight is 259 g/mol. The second kappa shape index (κ2) is 5.38. The van der Waals surface area contributed by atoms with Gasteiger partial charge >= 0.3 is 0 Å². The van der Waals surface area contributed by atoms with E-state index in [2.05, 4.69) is 42.4 Å². The third-order valence-electron chi connectivity index (χ3n) is 3.08. The zero-order valence-corrected chi connectivity index (χ0v) is 12.0. The van der Waals surface area contributed by atoms with Crippen LogP contribution in [0, 0.1) is 12.8 Å². The van der Waals surface area contributed by atoms with E-state index in [1.165, 1.54) is 0 Å². The molecular formula is C14H21N5. The van der Waals surface area contributed by atoms with Gasteiger partial charge in [0.2, 0.25) is 0 Å². The Balaban J connectivity index is 2.38. The number of anilines is 1. The van der Waals surface area contributed by atoms with Crippen molar-refractivity contribution >= 4 is 5.69 Å². The van der Waals surface area contributed by atoms with Crippen LogP contribution >= 0.6 is 0 Å². The van der Waals surface area contributed by atoms with E-state index in [1.54, 1.807) is 0 Å². The fourth-order valence-corrected chi connectivity index (χ4v) is 2.40. The van der Waals surface area contributed by atoms with Crippen LogP contribution in [0.2, 0.25) is 0 Å². The van der Waals surface area contributed by atoms with E-state index < -0.39 is 0 Å². The standard InChI is InChI=1S/C14H21N5/c1-9(2)5-11(4)19-14(16-17-18-19)12-6-10(3)7-13(15)8-12/h6-9,11H,5,15H2,1-4H3. The summed E-state index contributed by atoms with van der Waals surface area (Å²) in [6.07, 6.45) is 1.04. The molecule has 2 aromatic rings. The molecule has 2 rings (SSSR count). The summed E-state index contributed by atoms with van der Waals surface area (Å²) in [4.78, 5) is 0. The van der Waals surface area contributed by atoms with Crippen LogP contribution < -0.4 is 5.73 Å². The SMILES string of the molecule is Cc1cc(N)cc(-c2nnnn2C(C)CC(C)C)c1. The molecule has 5 nitrogen and oxygen atoms in total. The van der Waals surface area contributed by atoms with E-state index in [-0.39, 0.29) is 6.04 Å². The molecule has 0 aliphatic rings. The van der Waals surface area contributed by atoms with Gasteiger partial charge in [-0.25, -0.2) is 4.68 Å². The third-order valence-corrected chi connectivity index (χ3v) is 3.08. The molecular weight excluding hydrogens is 238 g/mol. The molecule has 0 spiro atoms. The zero-order valence-electron chi connectivity index (χ0n) is 12.0. The Morgan fingerprint density at radius 3 is 2.58 bits per heavy atom. The van der Waals surface area contributed by atoms with Crippen LogP contribution in [0.1, 0.15) is 38.8 Å². The molecule has 0 aliphatic heterocycles. The number of hydrogen-bond acceptors (Lipinski definition) is 4. The molecule has 5 heteroatoms. The lowest BCUT2D eigenvalue weighted by Gasteiger charge is -2.15. The van der Waals surface area contributed by atoms with Crippen molar-refractivity contribution in [3.63, 3.8) is 0 Å². The van der Waals surface area contributed by atoms with Gasteiger partial charge in [0.1, 0.15) is 0 Å². The number of nitrogens with two attached hydrogens (primary N) is 1. The van der Waals surface area contributed by atoms with Crippen LogP contribution in [0.3, 0.4) is 0 Å². The van der Waals surface area contributed by atoms with E-state index in [1.807, 2.05) is 23.7 Å². The van der Waals surface area contributed by atoms with Gasteiger partial charge in [0, 0.05) is 11.3 Å². The molecule has 1 atom stereocenters. The largest absolute Gasteiger partial charge is 0.399 e. The number of aryl methyl sites for hydroxylation is 1. The number of aromatic nitrogens is 4. The molecule has 0 amide bonds. The Hall–Kier alpha value is -1.91. The van der Waals surface area contributed by atoms with Crippen molar-refractivity contribution in [2.24, 2.45) is 5.92 Å². The summed E-state index contributed by atoms with van der Waals surface area (Å²) in [7, 11) is 0. The Bertz CT molecular complexity index is 538. The molecule has 1 aromatic heterocycles. The van der Waals surface area contributed by atoms with Crippen molar-refractivity contribution in [2.75, 3.05) is 5.73 Å². The molecule has 1 aromatic carbocycles. The van der Waals surface area contributed by atoms with Crippen molar-refractivity contribution in [3.05, 3.63) is 23.8 Å². The number of benzene rings is 1. The van der Waals surface area contributed by atoms with Crippen molar-refractivity contribution in [2.45, 2.75) is 40.2 Å². The van der Waals surface area contributed by atoms with Crippen LogP contribution in [-0.4, -0.2) is 20.2 Å². The number of tetrazole rings is 1. The van der Waals surface area contributed by atoms with E-state index in [0.717, 1.165) is 29.1 Å². The van der Waals surface area contributed by atoms with E-state index in [9.17, 15) is 0 Å². The topological polar surface area (TPSA) is 69.6 Å². The predicted octanol–water partition coefficient (Wildman–Crippen LogP) is 2.84. The highest BCUT2D eigenvalue weighted by atomic mass is 15.5. The van der Waals surface area contributed by atoms with Crippen molar-refractivity contribution in [1.29, 1.82) is 0 Å². The summed E-state index contributed by atoms with van der Waals surface area (Å²) in [5, 5.41) is 12.1. The smallest absolute Gasteiger partial charge is 0.182 e. The van der Waals surface area contributed by atoms with Gasteiger partial charge in [0.05, 0.1) is 6.04 Å². The lowest BCUT2D eigenvalue weighted by Crippen LogP contribution is -2.11. The van der Waals surface area contributed by atoms with Gasteiger partial charge in [-0.3, -0.25) is 0 Å². The summed E-state index contributed by atoms with van der Waals surface area (Å²) in [5.41, 5.74) is 8.71. The second-order valence-electron chi connectivity index (χ2n) is 5.56. The Morgan fingerprint density at radius 2 is 1.95 bits per heavy atom. The molecule has 2 N–H and O–H groups in total. The molecule has 0 bridgehead atoms. The lowest BCUT2D eigenvalue weighted by molar-refractivity contribution is 0.394. The van der Waals surface area contributed by atoms with E-state index in [4.69, 9.17) is 5.73 Å². The molecule has 102 valence electrons. The van der Waals surface area contributed by atoms with Gasteiger partial charge in [0.15, 0.2) is 5.82 Å². The first-order chi connectivity index (χ1) is 8.97. The van der Waals surface area contributed by atoms with Crippen molar-refractivity contribution in [3.8, 4) is 11.4 Å². The minimum atomic E-state index is 0.270. The Kier molecular flexibility index (Phi) is 3.83. The molecule has 19 heavy (non-hydrogen) atoms. The average Bonchev–Trinajstić information content (AvgIpc) is 2.75. The van der Waals surface area contributed by atoms with Crippen LogP contribution in [0.4, 0.5) is 5.69 Å². The number of nitrogens with zero attached hydrogens (tertiary/aromatic N) is 4. The molecule has 1 heterocycles. The number of nitrogen functional groups attached to an aromatic ring is 1. The Labute approximate surface area is 113 Å². The quantitative estimate of drug-likeness (QED) is 0.857. The number of hydrogen-bond donors (Lipinski definition) is 1. The highest BCUT2D eigenvalue weighted by Gasteiger charge is 2.16. The normalized spacial score (nSPS) is 12.9. The monoisotopic (exact) mass is 259 g/mol. The highest BCUT2D eigenvalue weighted by Crippen LogP contribution is 2.25. The predicted molar refractivity (Wildman–Crippen MR) is 76.6 cm³/mol. The molecule has 0 saturated carbocycles. The molecule has 0 fully saturated rings. The van der Waals surface area contributed by atoms with Crippen molar-refractivity contribution < 1.29 is 0 Å². The third kappa shape index (κ3) is 3.10. The Morgan fingerprint density at radius 1 is 1.21 bits per heavy atom. The summed E-state index contributed by atoms with van der Waals surface area (Å²) in [6, 6.07) is 6.18. The van der Waals surface area contributed by atoms with Gasteiger partial charge in [-0.05, 0) is 60.4 Å².